The SMILES string of the molecule is COc1ccc(-c2noc(-c3ccc(Nc4cccc(F)c4)nn3)n2)cc1. The van der Waals surface area contributed by atoms with Gasteiger partial charge in [-0.3, -0.25) is 0 Å². The third-order valence-electron chi connectivity index (χ3n) is 3.75. The highest BCUT2D eigenvalue weighted by molar-refractivity contribution is 5.60. The van der Waals surface area contributed by atoms with E-state index in [-0.39, 0.29) is 11.7 Å². The highest BCUT2D eigenvalue weighted by Crippen LogP contribution is 2.23. The van der Waals surface area contributed by atoms with Gasteiger partial charge in [0.2, 0.25) is 5.82 Å². The van der Waals surface area contributed by atoms with Crippen molar-refractivity contribution in [3.8, 4) is 28.7 Å². The first kappa shape index (κ1) is 16.6. The van der Waals surface area contributed by atoms with Gasteiger partial charge < -0.3 is 14.6 Å². The minimum atomic E-state index is -0.332. The van der Waals surface area contributed by atoms with Gasteiger partial charge in [-0.25, -0.2) is 4.39 Å². The molecule has 27 heavy (non-hydrogen) atoms. The molecule has 4 aromatic rings. The second-order valence-electron chi connectivity index (χ2n) is 5.59. The second kappa shape index (κ2) is 7.20. The molecule has 0 atom stereocenters. The highest BCUT2D eigenvalue weighted by atomic mass is 19.1. The average Bonchev–Trinajstić information content (AvgIpc) is 3.19. The van der Waals surface area contributed by atoms with Crippen LogP contribution >= 0.6 is 0 Å². The molecule has 134 valence electrons. The summed E-state index contributed by atoms with van der Waals surface area (Å²) in [6, 6.07) is 16.8. The number of hydrogen-bond acceptors (Lipinski definition) is 7. The fraction of sp³-hybridized carbons (Fsp3) is 0.0526. The van der Waals surface area contributed by atoms with Crippen molar-refractivity contribution in [1.29, 1.82) is 0 Å². The first-order valence-electron chi connectivity index (χ1n) is 8.06. The van der Waals surface area contributed by atoms with E-state index in [1.807, 2.05) is 24.3 Å². The van der Waals surface area contributed by atoms with Crippen molar-refractivity contribution in [3.63, 3.8) is 0 Å². The molecule has 0 aliphatic carbocycles. The van der Waals surface area contributed by atoms with Gasteiger partial charge in [0.05, 0.1) is 7.11 Å². The Kier molecular flexibility index (Phi) is 4.44. The molecule has 0 saturated heterocycles. The molecule has 0 spiro atoms. The number of nitrogens with one attached hydrogen (secondary N) is 1. The van der Waals surface area contributed by atoms with E-state index in [2.05, 4.69) is 25.7 Å². The molecular formula is C19H14FN5O2. The molecule has 0 aliphatic rings. The Morgan fingerprint density at radius 1 is 1.00 bits per heavy atom. The van der Waals surface area contributed by atoms with E-state index in [0.29, 0.717) is 23.0 Å². The number of aromatic nitrogens is 4. The molecule has 7 nitrogen and oxygen atoms in total. The third kappa shape index (κ3) is 3.74. The Morgan fingerprint density at radius 2 is 1.85 bits per heavy atom. The van der Waals surface area contributed by atoms with Crippen molar-refractivity contribution >= 4 is 11.5 Å². The quantitative estimate of drug-likeness (QED) is 0.571. The summed E-state index contributed by atoms with van der Waals surface area (Å²) >= 11 is 0. The summed E-state index contributed by atoms with van der Waals surface area (Å²) in [5.74, 6) is 1.58. The van der Waals surface area contributed by atoms with Crippen LogP contribution in [0, 0.1) is 5.82 Å². The van der Waals surface area contributed by atoms with Crippen molar-refractivity contribution in [2.75, 3.05) is 12.4 Å². The summed E-state index contributed by atoms with van der Waals surface area (Å²) in [7, 11) is 1.60. The molecular weight excluding hydrogens is 349 g/mol. The number of rotatable bonds is 5. The van der Waals surface area contributed by atoms with Crippen LogP contribution < -0.4 is 10.1 Å². The largest absolute Gasteiger partial charge is 0.497 e. The molecule has 0 fully saturated rings. The lowest BCUT2D eigenvalue weighted by Crippen LogP contribution is -1.96. The van der Waals surface area contributed by atoms with Gasteiger partial charge in [-0.15, -0.1) is 10.2 Å². The van der Waals surface area contributed by atoms with E-state index in [0.717, 1.165) is 11.3 Å². The third-order valence-corrected chi connectivity index (χ3v) is 3.75. The molecule has 0 aliphatic heterocycles. The molecule has 8 heteroatoms. The average molecular weight is 363 g/mol. The van der Waals surface area contributed by atoms with Gasteiger partial charge in [0.1, 0.15) is 11.6 Å². The Bertz CT molecular complexity index is 1050. The summed E-state index contributed by atoms with van der Waals surface area (Å²) in [5.41, 5.74) is 1.81. The van der Waals surface area contributed by atoms with E-state index in [4.69, 9.17) is 9.26 Å². The summed E-state index contributed by atoms with van der Waals surface area (Å²) < 4.78 is 23.6. The van der Waals surface area contributed by atoms with Crippen LogP contribution in [0.15, 0.2) is 65.2 Å². The monoisotopic (exact) mass is 363 g/mol. The fourth-order valence-corrected chi connectivity index (χ4v) is 2.41. The van der Waals surface area contributed by atoms with Crippen LogP contribution in [0.3, 0.4) is 0 Å². The molecule has 0 saturated carbocycles. The molecule has 0 radical (unpaired) electrons. The second-order valence-corrected chi connectivity index (χ2v) is 5.59. The van der Waals surface area contributed by atoms with Crippen molar-refractivity contribution in [3.05, 3.63) is 66.5 Å². The molecule has 2 aromatic heterocycles. The Hall–Kier alpha value is -3.81. The van der Waals surface area contributed by atoms with Gasteiger partial charge in [0.15, 0.2) is 11.5 Å². The van der Waals surface area contributed by atoms with E-state index in [9.17, 15) is 4.39 Å². The van der Waals surface area contributed by atoms with Crippen molar-refractivity contribution < 1.29 is 13.7 Å². The Labute approximate surface area is 153 Å². The number of ether oxygens (including phenoxy) is 1. The maximum atomic E-state index is 13.2. The summed E-state index contributed by atoms with van der Waals surface area (Å²) in [4.78, 5) is 4.34. The predicted molar refractivity (Wildman–Crippen MR) is 97.0 cm³/mol. The highest BCUT2D eigenvalue weighted by Gasteiger charge is 2.12. The van der Waals surface area contributed by atoms with Gasteiger partial charge in [-0.1, -0.05) is 11.2 Å². The van der Waals surface area contributed by atoms with Crippen molar-refractivity contribution in [2.24, 2.45) is 0 Å². The van der Waals surface area contributed by atoms with Gasteiger partial charge in [0.25, 0.3) is 5.89 Å². The summed E-state index contributed by atoms with van der Waals surface area (Å²) in [6.45, 7) is 0. The van der Waals surface area contributed by atoms with Crippen LogP contribution in [0.4, 0.5) is 15.9 Å². The van der Waals surface area contributed by atoms with Gasteiger partial charge >= 0.3 is 0 Å². The number of halogens is 1. The first-order chi connectivity index (χ1) is 13.2. The van der Waals surface area contributed by atoms with E-state index >= 15 is 0 Å². The van der Waals surface area contributed by atoms with Crippen LogP contribution in [-0.2, 0) is 0 Å². The zero-order valence-corrected chi connectivity index (χ0v) is 14.3. The minimum Gasteiger partial charge on any atom is -0.497 e. The van der Waals surface area contributed by atoms with Gasteiger partial charge in [0, 0.05) is 11.3 Å². The number of nitrogens with zero attached hydrogens (tertiary/aromatic N) is 4. The van der Waals surface area contributed by atoms with E-state index < -0.39 is 0 Å². The topological polar surface area (TPSA) is 86.0 Å². The smallest absolute Gasteiger partial charge is 0.278 e. The van der Waals surface area contributed by atoms with E-state index in [1.165, 1.54) is 12.1 Å². The molecule has 4 rings (SSSR count). The summed E-state index contributed by atoms with van der Waals surface area (Å²) in [5, 5.41) is 15.1. The van der Waals surface area contributed by atoms with Gasteiger partial charge in [-0.05, 0) is 54.6 Å². The molecule has 0 unspecified atom stereocenters. The Balaban J connectivity index is 1.51. The lowest BCUT2D eigenvalue weighted by molar-refractivity contribution is 0.414. The first-order valence-corrected chi connectivity index (χ1v) is 8.06. The molecule has 0 amide bonds. The molecule has 0 bridgehead atoms. The number of methoxy groups -OCH3 is 1. The Morgan fingerprint density at radius 3 is 2.56 bits per heavy atom. The number of hydrogen-bond donors (Lipinski definition) is 1. The fourth-order valence-electron chi connectivity index (χ4n) is 2.41. The number of anilines is 2. The predicted octanol–water partition coefficient (Wildman–Crippen LogP) is 4.08. The number of benzene rings is 2. The minimum absolute atomic E-state index is 0.255. The summed E-state index contributed by atoms with van der Waals surface area (Å²) in [6.07, 6.45) is 0. The van der Waals surface area contributed by atoms with E-state index in [1.54, 1.807) is 31.4 Å². The zero-order chi connectivity index (χ0) is 18.6. The lowest BCUT2D eigenvalue weighted by atomic mass is 10.2. The lowest BCUT2D eigenvalue weighted by Gasteiger charge is -2.04. The van der Waals surface area contributed by atoms with Crippen molar-refractivity contribution in [2.45, 2.75) is 0 Å². The molecule has 1 N–H and O–H groups in total. The van der Waals surface area contributed by atoms with Crippen LogP contribution in [0.2, 0.25) is 0 Å². The maximum absolute atomic E-state index is 13.2. The van der Waals surface area contributed by atoms with Crippen LogP contribution in [-0.4, -0.2) is 27.4 Å². The maximum Gasteiger partial charge on any atom is 0.278 e. The normalized spacial score (nSPS) is 10.6. The standard InChI is InChI=1S/C19H14FN5O2/c1-26-15-7-5-12(6-8-15)18-22-19(27-25-18)16-9-10-17(24-23-16)21-14-4-2-3-13(20)11-14/h2-11H,1H3,(H,21,24). The molecule has 2 heterocycles. The van der Waals surface area contributed by atoms with Crippen LogP contribution in [0.5, 0.6) is 5.75 Å². The zero-order valence-electron chi connectivity index (χ0n) is 14.3. The van der Waals surface area contributed by atoms with Gasteiger partial charge in [-0.2, -0.15) is 4.98 Å². The van der Waals surface area contributed by atoms with Crippen LogP contribution in [0.1, 0.15) is 0 Å². The van der Waals surface area contributed by atoms with Crippen LogP contribution in [0.25, 0.3) is 23.0 Å². The van der Waals surface area contributed by atoms with Crippen molar-refractivity contribution in [1.82, 2.24) is 20.3 Å². The molecule has 2 aromatic carbocycles.